The molecular formula is C11H14ClFIN. The third-order valence-corrected chi connectivity index (χ3v) is 3.12. The minimum atomic E-state index is -0.344. The highest BCUT2D eigenvalue weighted by atomic mass is 127. The van der Waals surface area contributed by atoms with Gasteiger partial charge in [-0.05, 0) is 41.5 Å². The average Bonchev–Trinajstić information content (AvgIpc) is 2.23. The quantitative estimate of drug-likeness (QED) is 0.472. The van der Waals surface area contributed by atoms with Gasteiger partial charge in [-0.15, -0.1) is 0 Å². The van der Waals surface area contributed by atoms with Gasteiger partial charge in [-0.3, -0.25) is 0 Å². The van der Waals surface area contributed by atoms with E-state index in [1.807, 2.05) is 6.07 Å². The number of halogens is 3. The van der Waals surface area contributed by atoms with Crippen molar-refractivity contribution in [2.24, 2.45) is 0 Å². The van der Waals surface area contributed by atoms with E-state index in [0.717, 1.165) is 12.1 Å². The molecule has 0 saturated carbocycles. The van der Waals surface area contributed by atoms with E-state index in [2.05, 4.69) is 27.9 Å². The van der Waals surface area contributed by atoms with Crippen molar-refractivity contribution in [2.45, 2.75) is 19.4 Å². The third-order valence-electron chi connectivity index (χ3n) is 2.05. The molecule has 1 aromatic carbocycles. The molecule has 4 heteroatoms. The van der Waals surface area contributed by atoms with E-state index in [0.29, 0.717) is 6.54 Å². The maximum atomic E-state index is 13.0. The van der Waals surface area contributed by atoms with Gasteiger partial charge in [0.05, 0.1) is 5.02 Å². The molecule has 0 fully saturated rings. The molecule has 0 amide bonds. The van der Waals surface area contributed by atoms with E-state index in [1.165, 1.54) is 23.3 Å². The van der Waals surface area contributed by atoms with Gasteiger partial charge in [0.1, 0.15) is 5.82 Å². The molecule has 0 saturated heterocycles. The second kappa shape index (κ2) is 7.41. The van der Waals surface area contributed by atoms with Crippen LogP contribution in [0, 0.1) is 5.82 Å². The van der Waals surface area contributed by atoms with Gasteiger partial charge < -0.3 is 5.32 Å². The molecule has 0 heterocycles. The Morgan fingerprint density at radius 2 is 2.13 bits per heavy atom. The van der Waals surface area contributed by atoms with Crippen molar-refractivity contribution in [1.29, 1.82) is 0 Å². The largest absolute Gasteiger partial charge is 0.313 e. The van der Waals surface area contributed by atoms with Crippen molar-refractivity contribution in [3.8, 4) is 0 Å². The Labute approximate surface area is 109 Å². The van der Waals surface area contributed by atoms with Gasteiger partial charge in [0, 0.05) is 6.54 Å². The second-order valence-electron chi connectivity index (χ2n) is 3.32. The maximum Gasteiger partial charge on any atom is 0.142 e. The minimum Gasteiger partial charge on any atom is -0.313 e. The zero-order valence-corrected chi connectivity index (χ0v) is 11.3. The van der Waals surface area contributed by atoms with Gasteiger partial charge in [-0.1, -0.05) is 40.3 Å². The Balaban J connectivity index is 2.28. The summed E-state index contributed by atoms with van der Waals surface area (Å²) in [7, 11) is 0. The molecule has 0 aliphatic heterocycles. The summed E-state index contributed by atoms with van der Waals surface area (Å²) in [4.78, 5) is 0. The molecule has 0 unspecified atom stereocenters. The molecule has 15 heavy (non-hydrogen) atoms. The lowest BCUT2D eigenvalue weighted by atomic mass is 10.2. The molecule has 0 bridgehead atoms. The molecule has 0 aromatic heterocycles. The van der Waals surface area contributed by atoms with Crippen molar-refractivity contribution < 1.29 is 4.39 Å². The minimum absolute atomic E-state index is 0.184. The summed E-state index contributed by atoms with van der Waals surface area (Å²) in [6, 6.07) is 4.92. The SMILES string of the molecule is Fc1cc(CNCCCCI)ccc1Cl. The smallest absolute Gasteiger partial charge is 0.142 e. The summed E-state index contributed by atoms with van der Waals surface area (Å²) >= 11 is 7.95. The first-order valence-corrected chi connectivity index (χ1v) is 6.85. The molecule has 1 nitrogen and oxygen atoms in total. The molecule has 1 N–H and O–H groups in total. The topological polar surface area (TPSA) is 12.0 Å². The zero-order chi connectivity index (χ0) is 11.1. The highest BCUT2D eigenvalue weighted by molar-refractivity contribution is 14.1. The molecule has 0 aliphatic rings. The maximum absolute atomic E-state index is 13.0. The molecule has 0 spiro atoms. The summed E-state index contributed by atoms with van der Waals surface area (Å²) in [6.07, 6.45) is 2.39. The van der Waals surface area contributed by atoms with Crippen LogP contribution in [-0.4, -0.2) is 11.0 Å². The van der Waals surface area contributed by atoms with Crippen LogP contribution in [0.4, 0.5) is 4.39 Å². The van der Waals surface area contributed by atoms with E-state index in [1.54, 1.807) is 6.07 Å². The average molecular weight is 342 g/mol. The lowest BCUT2D eigenvalue weighted by Crippen LogP contribution is -2.14. The van der Waals surface area contributed by atoms with Gasteiger partial charge in [0.25, 0.3) is 0 Å². The van der Waals surface area contributed by atoms with Crippen LogP contribution < -0.4 is 5.32 Å². The predicted molar refractivity (Wildman–Crippen MR) is 71.2 cm³/mol. The highest BCUT2D eigenvalue weighted by Gasteiger charge is 2.00. The third kappa shape index (κ3) is 5.13. The number of unbranched alkanes of at least 4 members (excludes halogenated alkanes) is 1. The van der Waals surface area contributed by atoms with E-state index in [-0.39, 0.29) is 10.8 Å². The summed E-state index contributed by atoms with van der Waals surface area (Å²) < 4.78 is 14.2. The standard InChI is InChI=1S/C11H14ClFIN/c12-10-4-3-9(7-11(10)13)8-15-6-2-1-5-14/h3-4,7,15H,1-2,5-6,8H2. The van der Waals surface area contributed by atoms with E-state index in [4.69, 9.17) is 11.6 Å². The summed E-state index contributed by atoms with van der Waals surface area (Å²) in [5, 5.41) is 3.45. The van der Waals surface area contributed by atoms with Crippen LogP contribution in [0.1, 0.15) is 18.4 Å². The van der Waals surface area contributed by atoms with Gasteiger partial charge in [-0.25, -0.2) is 4.39 Å². The first-order valence-electron chi connectivity index (χ1n) is 4.94. The Bertz CT molecular complexity index is 307. The van der Waals surface area contributed by atoms with Crippen molar-refractivity contribution in [2.75, 3.05) is 11.0 Å². The fourth-order valence-corrected chi connectivity index (χ4v) is 1.88. The van der Waals surface area contributed by atoms with Crippen LogP contribution in [0.15, 0.2) is 18.2 Å². The molecule has 0 radical (unpaired) electrons. The van der Waals surface area contributed by atoms with E-state index < -0.39 is 0 Å². The van der Waals surface area contributed by atoms with Gasteiger partial charge in [0.2, 0.25) is 0 Å². The number of rotatable bonds is 6. The molecular weight excluding hydrogens is 327 g/mol. The fourth-order valence-electron chi connectivity index (χ4n) is 1.23. The van der Waals surface area contributed by atoms with E-state index >= 15 is 0 Å². The van der Waals surface area contributed by atoms with Crippen LogP contribution in [0.25, 0.3) is 0 Å². The second-order valence-corrected chi connectivity index (χ2v) is 4.81. The van der Waals surface area contributed by atoms with Crippen molar-refractivity contribution >= 4 is 34.2 Å². The Hall–Kier alpha value is 0.130. The summed E-state index contributed by atoms with van der Waals surface area (Å²) in [5.41, 5.74) is 0.936. The van der Waals surface area contributed by atoms with Crippen LogP contribution in [0.3, 0.4) is 0 Å². The van der Waals surface area contributed by atoms with Crippen molar-refractivity contribution in [3.05, 3.63) is 34.6 Å². The summed E-state index contributed by atoms with van der Waals surface area (Å²) in [5.74, 6) is -0.344. The fraction of sp³-hybridized carbons (Fsp3) is 0.455. The summed E-state index contributed by atoms with van der Waals surface area (Å²) in [6.45, 7) is 1.68. The van der Waals surface area contributed by atoms with Gasteiger partial charge >= 0.3 is 0 Å². The predicted octanol–water partition coefficient (Wildman–Crippen LogP) is 3.78. The monoisotopic (exact) mass is 341 g/mol. The Morgan fingerprint density at radius 3 is 2.80 bits per heavy atom. The first kappa shape index (κ1) is 13.2. The van der Waals surface area contributed by atoms with Gasteiger partial charge in [-0.2, -0.15) is 0 Å². The highest BCUT2D eigenvalue weighted by Crippen LogP contribution is 2.15. The first-order chi connectivity index (χ1) is 7.24. The van der Waals surface area contributed by atoms with E-state index in [9.17, 15) is 4.39 Å². The zero-order valence-electron chi connectivity index (χ0n) is 8.40. The van der Waals surface area contributed by atoms with Crippen molar-refractivity contribution in [1.82, 2.24) is 5.32 Å². The number of hydrogen-bond donors (Lipinski definition) is 1. The number of hydrogen-bond acceptors (Lipinski definition) is 1. The molecule has 1 aromatic rings. The lowest BCUT2D eigenvalue weighted by Gasteiger charge is -2.04. The number of nitrogens with one attached hydrogen (secondary N) is 1. The lowest BCUT2D eigenvalue weighted by molar-refractivity contribution is 0.615. The normalized spacial score (nSPS) is 10.6. The molecule has 0 aliphatic carbocycles. The van der Waals surface area contributed by atoms with Crippen LogP contribution >= 0.6 is 34.2 Å². The molecule has 1 rings (SSSR count). The number of alkyl halides is 1. The van der Waals surface area contributed by atoms with Crippen LogP contribution in [0.2, 0.25) is 5.02 Å². The Kier molecular flexibility index (Phi) is 6.52. The number of benzene rings is 1. The molecule has 84 valence electrons. The van der Waals surface area contributed by atoms with Crippen molar-refractivity contribution in [3.63, 3.8) is 0 Å². The molecule has 0 atom stereocenters. The van der Waals surface area contributed by atoms with Crippen LogP contribution in [-0.2, 0) is 6.54 Å². The Morgan fingerprint density at radius 1 is 1.33 bits per heavy atom. The van der Waals surface area contributed by atoms with Gasteiger partial charge in [0.15, 0.2) is 0 Å². The van der Waals surface area contributed by atoms with Crippen LogP contribution in [0.5, 0.6) is 0 Å².